The van der Waals surface area contributed by atoms with Crippen LogP contribution in [0.4, 0.5) is 0 Å². The third kappa shape index (κ3) is 2.50. The first kappa shape index (κ1) is 10.9. The second-order valence-corrected chi connectivity index (χ2v) is 5.89. The number of hydrogen-bond donors (Lipinski definition) is 0. The third-order valence-electron chi connectivity index (χ3n) is 4.27. The molecule has 0 aromatic heterocycles. The summed E-state index contributed by atoms with van der Waals surface area (Å²) in [5, 5.41) is 0. The molecule has 0 spiro atoms. The van der Waals surface area contributed by atoms with Crippen molar-refractivity contribution >= 4 is 5.78 Å². The van der Waals surface area contributed by atoms with Gasteiger partial charge in [-0.25, -0.2) is 0 Å². The topological polar surface area (TPSA) is 17.1 Å². The molecule has 2 rings (SSSR count). The molecule has 1 saturated carbocycles. The third-order valence-corrected chi connectivity index (χ3v) is 4.27. The highest BCUT2D eigenvalue weighted by atomic mass is 16.1. The SMILES string of the molecule is CC1(C)CCC(=O)CC1CC1=CCCC1. The van der Waals surface area contributed by atoms with Gasteiger partial charge in [-0.15, -0.1) is 0 Å². The molecule has 2 aliphatic rings. The van der Waals surface area contributed by atoms with Gasteiger partial charge in [-0.1, -0.05) is 25.5 Å². The lowest BCUT2D eigenvalue weighted by Gasteiger charge is -2.38. The first-order chi connectivity index (χ1) is 7.08. The molecular formula is C14H22O. The summed E-state index contributed by atoms with van der Waals surface area (Å²) in [6.45, 7) is 4.67. The van der Waals surface area contributed by atoms with E-state index >= 15 is 0 Å². The maximum atomic E-state index is 11.5. The molecule has 0 radical (unpaired) electrons. The molecule has 0 saturated heterocycles. The lowest BCUT2D eigenvalue weighted by Crippen LogP contribution is -2.32. The highest BCUT2D eigenvalue weighted by molar-refractivity contribution is 5.79. The van der Waals surface area contributed by atoms with Crippen LogP contribution in [0.3, 0.4) is 0 Å². The molecule has 0 N–H and O–H groups in total. The van der Waals surface area contributed by atoms with E-state index in [9.17, 15) is 4.79 Å². The number of allylic oxidation sites excluding steroid dienone is 2. The van der Waals surface area contributed by atoms with Crippen LogP contribution in [0.1, 0.15) is 58.8 Å². The Morgan fingerprint density at radius 2 is 2.20 bits per heavy atom. The summed E-state index contributed by atoms with van der Waals surface area (Å²) in [7, 11) is 0. The van der Waals surface area contributed by atoms with E-state index < -0.39 is 0 Å². The number of rotatable bonds is 2. The average molecular weight is 206 g/mol. The van der Waals surface area contributed by atoms with Crippen molar-refractivity contribution in [2.24, 2.45) is 11.3 Å². The van der Waals surface area contributed by atoms with Gasteiger partial charge in [0.15, 0.2) is 0 Å². The molecule has 0 aromatic rings. The van der Waals surface area contributed by atoms with E-state index in [2.05, 4.69) is 19.9 Å². The van der Waals surface area contributed by atoms with Crippen LogP contribution in [-0.4, -0.2) is 5.78 Å². The van der Waals surface area contributed by atoms with E-state index in [1.54, 1.807) is 5.57 Å². The van der Waals surface area contributed by atoms with Gasteiger partial charge in [0, 0.05) is 12.8 Å². The molecular weight excluding hydrogens is 184 g/mol. The first-order valence-electron chi connectivity index (χ1n) is 6.27. The summed E-state index contributed by atoms with van der Waals surface area (Å²) in [5.74, 6) is 1.08. The molecule has 1 unspecified atom stereocenters. The minimum absolute atomic E-state index is 0.372. The molecule has 0 heterocycles. The number of ketones is 1. The van der Waals surface area contributed by atoms with Crippen molar-refractivity contribution in [2.75, 3.05) is 0 Å². The van der Waals surface area contributed by atoms with Gasteiger partial charge in [-0.3, -0.25) is 4.79 Å². The fourth-order valence-electron chi connectivity index (χ4n) is 2.91. The van der Waals surface area contributed by atoms with Crippen molar-refractivity contribution in [2.45, 2.75) is 58.8 Å². The van der Waals surface area contributed by atoms with Crippen LogP contribution < -0.4 is 0 Å². The Labute approximate surface area is 92.9 Å². The fraction of sp³-hybridized carbons (Fsp3) is 0.786. The van der Waals surface area contributed by atoms with Gasteiger partial charge >= 0.3 is 0 Å². The Morgan fingerprint density at radius 3 is 2.87 bits per heavy atom. The van der Waals surface area contributed by atoms with E-state index in [1.165, 1.54) is 25.7 Å². The Hall–Kier alpha value is -0.590. The average Bonchev–Trinajstić information content (AvgIpc) is 2.65. The predicted molar refractivity (Wildman–Crippen MR) is 62.7 cm³/mol. The smallest absolute Gasteiger partial charge is 0.133 e. The van der Waals surface area contributed by atoms with Crippen LogP contribution in [0.15, 0.2) is 11.6 Å². The molecule has 1 nitrogen and oxygen atoms in total. The Bertz CT molecular complexity index is 286. The molecule has 1 atom stereocenters. The summed E-state index contributed by atoms with van der Waals surface area (Å²) in [6.07, 6.45) is 10.2. The maximum absolute atomic E-state index is 11.5. The second-order valence-electron chi connectivity index (χ2n) is 5.89. The Morgan fingerprint density at radius 1 is 1.40 bits per heavy atom. The quantitative estimate of drug-likeness (QED) is 0.627. The van der Waals surface area contributed by atoms with Crippen LogP contribution >= 0.6 is 0 Å². The molecule has 1 heteroatoms. The highest BCUT2D eigenvalue weighted by Gasteiger charge is 2.35. The van der Waals surface area contributed by atoms with Gasteiger partial charge in [-0.05, 0) is 43.4 Å². The van der Waals surface area contributed by atoms with Gasteiger partial charge in [-0.2, -0.15) is 0 Å². The molecule has 0 amide bonds. The first-order valence-corrected chi connectivity index (χ1v) is 6.27. The van der Waals surface area contributed by atoms with Crippen LogP contribution in [0, 0.1) is 11.3 Å². The van der Waals surface area contributed by atoms with E-state index in [0.717, 1.165) is 19.3 Å². The highest BCUT2D eigenvalue weighted by Crippen LogP contribution is 2.43. The normalized spacial score (nSPS) is 30.4. The van der Waals surface area contributed by atoms with Crippen LogP contribution in [0.25, 0.3) is 0 Å². The number of carbonyl (C=O) groups excluding carboxylic acids is 1. The van der Waals surface area contributed by atoms with Crippen LogP contribution in [-0.2, 0) is 4.79 Å². The maximum Gasteiger partial charge on any atom is 0.133 e. The summed E-state index contributed by atoms with van der Waals surface area (Å²) in [6, 6.07) is 0. The van der Waals surface area contributed by atoms with Gasteiger partial charge in [0.1, 0.15) is 5.78 Å². The van der Waals surface area contributed by atoms with Gasteiger partial charge < -0.3 is 0 Å². The molecule has 0 aliphatic heterocycles. The summed E-state index contributed by atoms with van der Waals surface area (Å²) >= 11 is 0. The van der Waals surface area contributed by atoms with Gasteiger partial charge in [0.2, 0.25) is 0 Å². The van der Waals surface area contributed by atoms with Gasteiger partial charge in [0.25, 0.3) is 0 Å². The van der Waals surface area contributed by atoms with E-state index in [-0.39, 0.29) is 0 Å². The van der Waals surface area contributed by atoms with Crippen molar-refractivity contribution in [3.8, 4) is 0 Å². The summed E-state index contributed by atoms with van der Waals surface area (Å²) < 4.78 is 0. The molecule has 0 aromatic carbocycles. The molecule has 84 valence electrons. The van der Waals surface area contributed by atoms with Gasteiger partial charge in [0.05, 0.1) is 0 Å². The van der Waals surface area contributed by atoms with Crippen LogP contribution in [0.2, 0.25) is 0 Å². The second kappa shape index (κ2) is 4.11. The fourth-order valence-corrected chi connectivity index (χ4v) is 2.91. The largest absolute Gasteiger partial charge is 0.300 e. The molecule has 0 bridgehead atoms. The molecule has 2 aliphatic carbocycles. The summed E-state index contributed by atoms with van der Waals surface area (Å²) in [5.41, 5.74) is 1.99. The van der Waals surface area contributed by atoms with E-state index in [4.69, 9.17) is 0 Å². The van der Waals surface area contributed by atoms with E-state index in [1.807, 2.05) is 0 Å². The van der Waals surface area contributed by atoms with Crippen LogP contribution in [0.5, 0.6) is 0 Å². The zero-order valence-corrected chi connectivity index (χ0v) is 10.0. The summed E-state index contributed by atoms with van der Waals surface area (Å²) in [4.78, 5) is 11.5. The van der Waals surface area contributed by atoms with Crippen molar-refractivity contribution in [3.05, 3.63) is 11.6 Å². The standard InChI is InChI=1S/C14H22O/c1-14(2)8-7-13(15)10-12(14)9-11-5-3-4-6-11/h5,12H,3-4,6-10H2,1-2H3. The zero-order valence-electron chi connectivity index (χ0n) is 10.0. The van der Waals surface area contributed by atoms with Crippen molar-refractivity contribution < 1.29 is 4.79 Å². The Kier molecular flexibility index (Phi) is 2.99. The Balaban J connectivity index is 2.01. The predicted octanol–water partition coefficient (Wildman–Crippen LogP) is 3.88. The van der Waals surface area contributed by atoms with Crippen molar-refractivity contribution in [3.63, 3.8) is 0 Å². The number of hydrogen-bond acceptors (Lipinski definition) is 1. The lowest BCUT2D eigenvalue weighted by molar-refractivity contribution is -0.124. The van der Waals surface area contributed by atoms with Crippen molar-refractivity contribution in [1.29, 1.82) is 0 Å². The van der Waals surface area contributed by atoms with Crippen molar-refractivity contribution in [1.82, 2.24) is 0 Å². The zero-order chi connectivity index (χ0) is 10.9. The number of Topliss-reactive ketones (excluding diaryl/α,β-unsaturated/α-hetero) is 1. The van der Waals surface area contributed by atoms with E-state index in [0.29, 0.717) is 17.1 Å². The molecule has 1 fully saturated rings. The minimum atomic E-state index is 0.372. The molecule has 15 heavy (non-hydrogen) atoms. The monoisotopic (exact) mass is 206 g/mol. The lowest BCUT2D eigenvalue weighted by atomic mass is 9.66. The number of carbonyl (C=O) groups is 1. The minimum Gasteiger partial charge on any atom is -0.300 e.